The number of ether oxygens (including phenoxy) is 1. The molecule has 4 nitrogen and oxygen atoms in total. The van der Waals surface area contributed by atoms with Gasteiger partial charge in [-0.05, 0) is 12.1 Å². The van der Waals surface area contributed by atoms with Crippen molar-refractivity contribution in [1.29, 1.82) is 0 Å². The lowest BCUT2D eigenvalue weighted by Crippen LogP contribution is -2.48. The molecule has 0 unspecified atom stereocenters. The second-order valence-corrected chi connectivity index (χ2v) is 5.16. The van der Waals surface area contributed by atoms with Crippen LogP contribution in [0.25, 0.3) is 0 Å². The maximum atomic E-state index is 6.04. The number of benzene rings is 1. The Labute approximate surface area is 132 Å². The number of hydrogen-bond acceptors (Lipinski definition) is 4. The lowest BCUT2D eigenvalue weighted by atomic mass is 10.3. The first-order valence-corrected chi connectivity index (χ1v) is 7.19. The van der Waals surface area contributed by atoms with Crippen molar-refractivity contribution in [1.82, 2.24) is 9.80 Å². The standard InChI is InChI=1S/C14H22ClN3O.ClH/c15-13-3-1-2-4-14(13)19-12-11-18-9-7-17(6-5-16)8-10-18;/h1-4H,5-12,16H2;1H. The molecule has 0 amide bonds. The van der Waals surface area contributed by atoms with Crippen LogP contribution in [0.2, 0.25) is 5.02 Å². The number of para-hydroxylation sites is 1. The summed E-state index contributed by atoms with van der Waals surface area (Å²) in [5.74, 6) is 0.769. The zero-order valence-electron chi connectivity index (χ0n) is 11.6. The molecule has 0 bridgehead atoms. The van der Waals surface area contributed by atoms with Crippen LogP contribution in [0.4, 0.5) is 0 Å². The highest BCUT2D eigenvalue weighted by molar-refractivity contribution is 6.32. The van der Waals surface area contributed by atoms with Gasteiger partial charge in [0.2, 0.25) is 0 Å². The fourth-order valence-electron chi connectivity index (χ4n) is 2.27. The van der Waals surface area contributed by atoms with Gasteiger partial charge in [0.05, 0.1) is 5.02 Å². The molecule has 1 aliphatic rings. The normalized spacial score (nSPS) is 16.7. The van der Waals surface area contributed by atoms with Crippen molar-refractivity contribution in [2.75, 3.05) is 52.4 Å². The molecule has 0 atom stereocenters. The summed E-state index contributed by atoms with van der Waals surface area (Å²) in [6, 6.07) is 7.60. The summed E-state index contributed by atoms with van der Waals surface area (Å²) < 4.78 is 5.71. The predicted octanol–water partition coefficient (Wildman–Crippen LogP) is 1.72. The first-order chi connectivity index (χ1) is 9.29. The molecule has 0 spiro atoms. The Hall–Kier alpha value is -0.520. The highest BCUT2D eigenvalue weighted by Gasteiger charge is 2.15. The van der Waals surface area contributed by atoms with Gasteiger partial charge in [0.15, 0.2) is 0 Å². The van der Waals surface area contributed by atoms with E-state index < -0.39 is 0 Å². The Kier molecular flexibility index (Phi) is 8.26. The Morgan fingerprint density at radius 1 is 1.05 bits per heavy atom. The monoisotopic (exact) mass is 319 g/mol. The van der Waals surface area contributed by atoms with Gasteiger partial charge in [0.25, 0.3) is 0 Å². The fourth-order valence-corrected chi connectivity index (χ4v) is 2.46. The van der Waals surface area contributed by atoms with E-state index in [1.165, 1.54) is 0 Å². The molecule has 2 rings (SSSR count). The molecule has 2 N–H and O–H groups in total. The van der Waals surface area contributed by atoms with Gasteiger partial charge in [-0.25, -0.2) is 0 Å². The summed E-state index contributed by atoms with van der Waals surface area (Å²) in [5, 5.41) is 0.676. The van der Waals surface area contributed by atoms with Gasteiger partial charge in [-0.2, -0.15) is 0 Å². The molecule has 1 aromatic carbocycles. The molecule has 6 heteroatoms. The van der Waals surface area contributed by atoms with E-state index >= 15 is 0 Å². The third kappa shape index (κ3) is 5.46. The van der Waals surface area contributed by atoms with Crippen molar-refractivity contribution < 1.29 is 4.74 Å². The van der Waals surface area contributed by atoms with Gasteiger partial charge in [-0.3, -0.25) is 9.80 Å². The summed E-state index contributed by atoms with van der Waals surface area (Å²) >= 11 is 6.04. The van der Waals surface area contributed by atoms with Crippen molar-refractivity contribution in [3.63, 3.8) is 0 Å². The van der Waals surface area contributed by atoms with Gasteiger partial charge in [-0.1, -0.05) is 23.7 Å². The molecular weight excluding hydrogens is 297 g/mol. The zero-order valence-corrected chi connectivity index (χ0v) is 13.2. The second-order valence-electron chi connectivity index (χ2n) is 4.75. The Balaban J connectivity index is 0.00000200. The summed E-state index contributed by atoms with van der Waals surface area (Å²) in [5.41, 5.74) is 5.57. The van der Waals surface area contributed by atoms with Crippen molar-refractivity contribution >= 4 is 24.0 Å². The van der Waals surface area contributed by atoms with Crippen LogP contribution >= 0.6 is 24.0 Å². The minimum atomic E-state index is 0. The van der Waals surface area contributed by atoms with E-state index in [4.69, 9.17) is 22.1 Å². The van der Waals surface area contributed by atoms with Crippen LogP contribution in [0.1, 0.15) is 0 Å². The van der Waals surface area contributed by atoms with E-state index in [2.05, 4.69) is 9.80 Å². The molecule has 20 heavy (non-hydrogen) atoms. The first kappa shape index (κ1) is 17.5. The van der Waals surface area contributed by atoms with E-state index in [9.17, 15) is 0 Å². The summed E-state index contributed by atoms with van der Waals surface area (Å²) in [4.78, 5) is 4.83. The molecule has 1 aromatic rings. The van der Waals surface area contributed by atoms with Gasteiger partial charge >= 0.3 is 0 Å². The number of piperazine rings is 1. The fraction of sp³-hybridized carbons (Fsp3) is 0.571. The molecule has 1 heterocycles. The van der Waals surface area contributed by atoms with Crippen LogP contribution < -0.4 is 10.5 Å². The SMILES string of the molecule is Cl.NCCN1CCN(CCOc2ccccc2Cl)CC1. The van der Waals surface area contributed by atoms with Crippen LogP contribution in [0.3, 0.4) is 0 Å². The Bertz CT molecular complexity index is 384. The van der Waals surface area contributed by atoms with Crippen molar-refractivity contribution in [3.8, 4) is 5.75 Å². The smallest absolute Gasteiger partial charge is 0.137 e. The molecule has 114 valence electrons. The predicted molar refractivity (Wildman–Crippen MR) is 86.1 cm³/mol. The topological polar surface area (TPSA) is 41.7 Å². The number of nitrogens with zero attached hydrogens (tertiary/aromatic N) is 2. The van der Waals surface area contributed by atoms with Crippen LogP contribution in [0.5, 0.6) is 5.75 Å². The van der Waals surface area contributed by atoms with E-state index in [1.807, 2.05) is 24.3 Å². The average molecular weight is 320 g/mol. The van der Waals surface area contributed by atoms with E-state index in [0.717, 1.165) is 51.6 Å². The van der Waals surface area contributed by atoms with Crippen molar-refractivity contribution in [2.24, 2.45) is 5.73 Å². The minimum Gasteiger partial charge on any atom is -0.491 e. The highest BCUT2D eigenvalue weighted by atomic mass is 35.5. The molecular formula is C14H23Cl2N3O. The maximum absolute atomic E-state index is 6.04. The van der Waals surface area contributed by atoms with Crippen LogP contribution in [-0.2, 0) is 0 Å². The second kappa shape index (κ2) is 9.42. The highest BCUT2D eigenvalue weighted by Crippen LogP contribution is 2.22. The number of rotatable bonds is 6. The lowest BCUT2D eigenvalue weighted by molar-refractivity contribution is 0.119. The first-order valence-electron chi connectivity index (χ1n) is 6.81. The zero-order chi connectivity index (χ0) is 13.5. The summed E-state index contributed by atoms with van der Waals surface area (Å²) in [6.45, 7) is 7.76. The average Bonchev–Trinajstić information content (AvgIpc) is 2.43. The molecule has 1 fully saturated rings. The van der Waals surface area contributed by atoms with Crippen LogP contribution in [0, 0.1) is 0 Å². The van der Waals surface area contributed by atoms with Gasteiger partial charge in [-0.15, -0.1) is 12.4 Å². The van der Waals surface area contributed by atoms with Gasteiger partial charge < -0.3 is 10.5 Å². The number of halogens is 2. The molecule has 1 aliphatic heterocycles. The van der Waals surface area contributed by atoms with Crippen LogP contribution in [0.15, 0.2) is 24.3 Å². The van der Waals surface area contributed by atoms with E-state index in [0.29, 0.717) is 11.6 Å². The molecule has 1 saturated heterocycles. The van der Waals surface area contributed by atoms with Crippen molar-refractivity contribution in [3.05, 3.63) is 29.3 Å². The maximum Gasteiger partial charge on any atom is 0.137 e. The summed E-state index contributed by atoms with van der Waals surface area (Å²) in [6.07, 6.45) is 0. The Morgan fingerprint density at radius 2 is 1.65 bits per heavy atom. The quantitative estimate of drug-likeness (QED) is 0.867. The molecule has 0 aromatic heterocycles. The van der Waals surface area contributed by atoms with E-state index in [-0.39, 0.29) is 12.4 Å². The largest absolute Gasteiger partial charge is 0.491 e. The number of nitrogens with two attached hydrogens (primary N) is 1. The third-order valence-electron chi connectivity index (χ3n) is 3.41. The van der Waals surface area contributed by atoms with Crippen LogP contribution in [-0.4, -0.2) is 62.2 Å². The summed E-state index contributed by atoms with van der Waals surface area (Å²) in [7, 11) is 0. The van der Waals surface area contributed by atoms with E-state index in [1.54, 1.807) is 0 Å². The molecule has 0 aliphatic carbocycles. The van der Waals surface area contributed by atoms with Crippen molar-refractivity contribution in [2.45, 2.75) is 0 Å². The van der Waals surface area contributed by atoms with Gasteiger partial charge in [0, 0.05) is 45.8 Å². The third-order valence-corrected chi connectivity index (χ3v) is 3.72. The molecule has 0 radical (unpaired) electrons. The lowest BCUT2D eigenvalue weighted by Gasteiger charge is -2.34. The minimum absolute atomic E-state index is 0. The Morgan fingerprint density at radius 3 is 2.25 bits per heavy atom. The van der Waals surface area contributed by atoms with Gasteiger partial charge in [0.1, 0.15) is 12.4 Å². The molecule has 0 saturated carbocycles. The number of hydrogen-bond donors (Lipinski definition) is 1.